The van der Waals surface area contributed by atoms with Gasteiger partial charge in [0.25, 0.3) is 0 Å². The smallest absolute Gasteiger partial charge is 0.323 e. The molecule has 0 fully saturated rings. The lowest BCUT2D eigenvalue weighted by molar-refractivity contribution is 0.241. The molecule has 1 aromatic carbocycles. The molecule has 0 aliphatic rings. The maximum absolute atomic E-state index is 11.4. The third-order valence-corrected chi connectivity index (χ3v) is 2.95. The van der Waals surface area contributed by atoms with Crippen LogP contribution in [0.3, 0.4) is 0 Å². The molecule has 2 heterocycles. The third-order valence-electron chi connectivity index (χ3n) is 2.95. The quantitative estimate of drug-likeness (QED) is 0.768. The van der Waals surface area contributed by atoms with Crippen molar-refractivity contribution in [1.82, 2.24) is 15.0 Å². The molecule has 2 aromatic heterocycles. The maximum atomic E-state index is 11.4. The number of rotatable bonds is 3. The summed E-state index contributed by atoms with van der Waals surface area (Å²) in [6.07, 6.45) is 3.53. The molecule has 0 atom stereocenters. The van der Waals surface area contributed by atoms with Crippen LogP contribution in [0, 0.1) is 0 Å². The van der Waals surface area contributed by atoms with E-state index in [0.717, 1.165) is 22.2 Å². The standard InChI is InChI=1S/C15H15N3O2/c1-9(2)20-11-6-10(7-16-8-11)12-4-3-5-13-14(12)18-15(19)17-13/h3-9H,1-2H3,(H2,17,18,19). The predicted molar refractivity (Wildman–Crippen MR) is 77.9 cm³/mol. The Bertz CT molecular complexity index is 802. The highest BCUT2D eigenvalue weighted by atomic mass is 16.5. The average Bonchev–Trinajstić information content (AvgIpc) is 2.78. The number of pyridine rings is 1. The number of benzene rings is 1. The van der Waals surface area contributed by atoms with Gasteiger partial charge in [-0.2, -0.15) is 0 Å². The molecule has 0 saturated heterocycles. The first kappa shape index (κ1) is 12.5. The maximum Gasteiger partial charge on any atom is 0.323 e. The summed E-state index contributed by atoms with van der Waals surface area (Å²) < 4.78 is 5.65. The van der Waals surface area contributed by atoms with Crippen molar-refractivity contribution >= 4 is 11.0 Å². The Kier molecular flexibility index (Phi) is 3.02. The van der Waals surface area contributed by atoms with Crippen molar-refractivity contribution < 1.29 is 4.74 Å². The van der Waals surface area contributed by atoms with Gasteiger partial charge in [-0.3, -0.25) is 4.98 Å². The van der Waals surface area contributed by atoms with Crippen molar-refractivity contribution in [2.24, 2.45) is 0 Å². The van der Waals surface area contributed by atoms with E-state index in [4.69, 9.17) is 4.74 Å². The fraction of sp³-hybridized carbons (Fsp3) is 0.200. The van der Waals surface area contributed by atoms with E-state index in [-0.39, 0.29) is 11.8 Å². The number of hydrogen-bond acceptors (Lipinski definition) is 3. The summed E-state index contributed by atoms with van der Waals surface area (Å²) >= 11 is 0. The first-order chi connectivity index (χ1) is 9.63. The normalized spacial score (nSPS) is 11.2. The van der Waals surface area contributed by atoms with Crippen LogP contribution in [0.15, 0.2) is 41.5 Å². The molecule has 3 rings (SSSR count). The molecular formula is C15H15N3O2. The first-order valence-corrected chi connectivity index (χ1v) is 6.46. The van der Waals surface area contributed by atoms with Crippen LogP contribution in [-0.4, -0.2) is 21.1 Å². The van der Waals surface area contributed by atoms with Crippen LogP contribution < -0.4 is 10.4 Å². The lowest BCUT2D eigenvalue weighted by Gasteiger charge is -2.10. The highest BCUT2D eigenvalue weighted by Gasteiger charge is 2.08. The van der Waals surface area contributed by atoms with Gasteiger partial charge in [-0.15, -0.1) is 0 Å². The summed E-state index contributed by atoms with van der Waals surface area (Å²) in [5.74, 6) is 0.715. The molecule has 0 aliphatic heterocycles. The summed E-state index contributed by atoms with van der Waals surface area (Å²) in [5, 5.41) is 0. The van der Waals surface area contributed by atoms with E-state index in [1.165, 1.54) is 0 Å². The van der Waals surface area contributed by atoms with E-state index in [9.17, 15) is 4.79 Å². The van der Waals surface area contributed by atoms with E-state index in [1.807, 2.05) is 38.1 Å². The fourth-order valence-corrected chi connectivity index (χ4v) is 2.20. The van der Waals surface area contributed by atoms with Gasteiger partial charge in [0.05, 0.1) is 23.3 Å². The van der Waals surface area contributed by atoms with Gasteiger partial charge in [0, 0.05) is 17.3 Å². The number of nitrogens with zero attached hydrogens (tertiary/aromatic N) is 1. The Morgan fingerprint density at radius 1 is 1.20 bits per heavy atom. The summed E-state index contributed by atoms with van der Waals surface area (Å²) in [4.78, 5) is 21.2. The second kappa shape index (κ2) is 4.85. The van der Waals surface area contributed by atoms with Crippen LogP contribution in [0.2, 0.25) is 0 Å². The zero-order valence-electron chi connectivity index (χ0n) is 11.3. The number of ether oxygens (including phenoxy) is 1. The number of imidazole rings is 1. The highest BCUT2D eigenvalue weighted by Crippen LogP contribution is 2.27. The number of fused-ring (bicyclic) bond motifs is 1. The molecule has 2 N–H and O–H groups in total. The van der Waals surface area contributed by atoms with Gasteiger partial charge in [-0.05, 0) is 26.0 Å². The van der Waals surface area contributed by atoms with Crippen molar-refractivity contribution in [2.45, 2.75) is 20.0 Å². The van der Waals surface area contributed by atoms with Crippen LogP contribution in [0.1, 0.15) is 13.8 Å². The molecule has 0 spiro atoms. The van der Waals surface area contributed by atoms with E-state index in [1.54, 1.807) is 12.4 Å². The summed E-state index contributed by atoms with van der Waals surface area (Å²) in [6, 6.07) is 7.63. The fourth-order valence-electron chi connectivity index (χ4n) is 2.20. The second-order valence-electron chi connectivity index (χ2n) is 4.88. The van der Waals surface area contributed by atoms with Gasteiger partial charge < -0.3 is 14.7 Å². The minimum absolute atomic E-state index is 0.0925. The van der Waals surface area contributed by atoms with Crippen molar-refractivity contribution in [1.29, 1.82) is 0 Å². The molecule has 3 aromatic rings. The number of hydrogen-bond donors (Lipinski definition) is 2. The van der Waals surface area contributed by atoms with Gasteiger partial charge >= 0.3 is 5.69 Å². The second-order valence-corrected chi connectivity index (χ2v) is 4.88. The van der Waals surface area contributed by atoms with E-state index < -0.39 is 0 Å². The van der Waals surface area contributed by atoms with Gasteiger partial charge in [0.15, 0.2) is 0 Å². The Hall–Kier alpha value is -2.56. The zero-order valence-corrected chi connectivity index (χ0v) is 11.3. The topological polar surface area (TPSA) is 70.8 Å². The number of H-pyrrole nitrogens is 2. The van der Waals surface area contributed by atoms with Gasteiger partial charge in [-0.25, -0.2) is 4.79 Å². The Morgan fingerprint density at radius 2 is 2.05 bits per heavy atom. The number of aromatic nitrogens is 3. The van der Waals surface area contributed by atoms with E-state index in [0.29, 0.717) is 5.75 Å². The molecule has 5 heteroatoms. The van der Waals surface area contributed by atoms with E-state index in [2.05, 4.69) is 15.0 Å². The van der Waals surface area contributed by atoms with Crippen molar-refractivity contribution in [3.63, 3.8) is 0 Å². The van der Waals surface area contributed by atoms with E-state index >= 15 is 0 Å². The van der Waals surface area contributed by atoms with Crippen LogP contribution in [0.4, 0.5) is 0 Å². The van der Waals surface area contributed by atoms with Crippen molar-refractivity contribution in [3.05, 3.63) is 47.1 Å². The average molecular weight is 269 g/mol. The largest absolute Gasteiger partial charge is 0.489 e. The monoisotopic (exact) mass is 269 g/mol. The molecule has 102 valence electrons. The molecular weight excluding hydrogens is 254 g/mol. The minimum atomic E-state index is -0.213. The first-order valence-electron chi connectivity index (χ1n) is 6.46. The van der Waals surface area contributed by atoms with Crippen molar-refractivity contribution in [2.75, 3.05) is 0 Å². The van der Waals surface area contributed by atoms with Crippen LogP contribution >= 0.6 is 0 Å². The molecule has 20 heavy (non-hydrogen) atoms. The number of nitrogens with one attached hydrogen (secondary N) is 2. The molecule has 0 bridgehead atoms. The molecule has 0 unspecified atom stereocenters. The summed E-state index contributed by atoms with van der Waals surface area (Å²) in [6.45, 7) is 3.94. The third kappa shape index (κ3) is 2.30. The Labute approximate surface area is 115 Å². The lowest BCUT2D eigenvalue weighted by atomic mass is 10.1. The zero-order chi connectivity index (χ0) is 14.1. The van der Waals surface area contributed by atoms with Crippen molar-refractivity contribution in [3.8, 4) is 16.9 Å². The minimum Gasteiger partial charge on any atom is -0.489 e. The summed E-state index contributed by atoms with van der Waals surface area (Å²) in [5.41, 5.74) is 3.17. The molecule has 0 radical (unpaired) electrons. The number of aromatic amines is 2. The molecule has 5 nitrogen and oxygen atoms in total. The Balaban J connectivity index is 2.13. The molecule has 0 saturated carbocycles. The highest BCUT2D eigenvalue weighted by molar-refractivity contribution is 5.91. The predicted octanol–water partition coefficient (Wildman–Crippen LogP) is 2.71. The summed E-state index contributed by atoms with van der Waals surface area (Å²) in [7, 11) is 0. The van der Waals surface area contributed by atoms with Gasteiger partial charge in [0.2, 0.25) is 0 Å². The molecule has 0 aliphatic carbocycles. The van der Waals surface area contributed by atoms with Gasteiger partial charge in [0.1, 0.15) is 5.75 Å². The Morgan fingerprint density at radius 3 is 2.85 bits per heavy atom. The van der Waals surface area contributed by atoms with Crippen LogP contribution in [0.5, 0.6) is 5.75 Å². The lowest BCUT2D eigenvalue weighted by Crippen LogP contribution is -2.05. The van der Waals surface area contributed by atoms with Crippen LogP contribution in [0.25, 0.3) is 22.2 Å². The number of para-hydroxylation sites is 1. The SMILES string of the molecule is CC(C)Oc1cncc(-c2cccc3[nH]c(=O)[nH]c23)c1. The molecule has 0 amide bonds. The van der Waals surface area contributed by atoms with Crippen LogP contribution in [-0.2, 0) is 0 Å². The van der Waals surface area contributed by atoms with Gasteiger partial charge in [-0.1, -0.05) is 12.1 Å².